The highest BCUT2D eigenvalue weighted by molar-refractivity contribution is 5.92. The van der Waals surface area contributed by atoms with Gasteiger partial charge >= 0.3 is 0 Å². The lowest BCUT2D eigenvalue weighted by atomic mass is 9.70. The number of anilines is 1. The van der Waals surface area contributed by atoms with Crippen molar-refractivity contribution in [1.29, 1.82) is 0 Å². The predicted molar refractivity (Wildman–Crippen MR) is 118 cm³/mol. The minimum absolute atomic E-state index is 0.0886. The van der Waals surface area contributed by atoms with Crippen molar-refractivity contribution in [2.24, 2.45) is 0 Å². The molecule has 7 nitrogen and oxygen atoms in total. The Morgan fingerprint density at radius 2 is 2.06 bits per heavy atom. The number of nitrogens with zero attached hydrogens (tertiary/aromatic N) is 3. The number of amides is 1. The standard InChI is InChI=1S/C24H23N5O2/c1-31-22-14-25-8-6-19(22)17-11-18(12-17)21-13-23(29-28-21)27-24(30)10-15-4-5-20-16(9-15)3-2-7-26-20/h2-9,13-14,17-18H,10-12H2,1H3,(H2,27,28,29,30). The van der Waals surface area contributed by atoms with Crippen LogP contribution >= 0.6 is 0 Å². The number of benzene rings is 1. The van der Waals surface area contributed by atoms with Gasteiger partial charge in [-0.3, -0.25) is 19.9 Å². The van der Waals surface area contributed by atoms with E-state index in [1.165, 1.54) is 5.56 Å². The second kappa shape index (κ2) is 8.18. The third-order valence-electron chi connectivity index (χ3n) is 5.95. The maximum absolute atomic E-state index is 12.5. The van der Waals surface area contributed by atoms with E-state index in [4.69, 9.17) is 4.74 Å². The van der Waals surface area contributed by atoms with Crippen LogP contribution in [0.2, 0.25) is 0 Å². The van der Waals surface area contributed by atoms with Gasteiger partial charge in [-0.15, -0.1) is 0 Å². The molecule has 3 aromatic heterocycles. The number of aromatic amines is 1. The third kappa shape index (κ3) is 3.99. The van der Waals surface area contributed by atoms with Gasteiger partial charge < -0.3 is 10.1 Å². The Balaban J connectivity index is 1.19. The van der Waals surface area contributed by atoms with Gasteiger partial charge in [0, 0.05) is 41.0 Å². The SMILES string of the molecule is COc1cnccc1C1CC(c2cc(NC(=O)Cc3ccc4ncccc4c3)n[nH]2)C1. The average Bonchev–Trinajstić information content (AvgIpc) is 3.20. The molecule has 1 fully saturated rings. The number of carbonyl (C=O) groups is 1. The molecule has 1 aliphatic carbocycles. The lowest BCUT2D eigenvalue weighted by molar-refractivity contribution is -0.115. The van der Waals surface area contributed by atoms with Crippen molar-refractivity contribution in [1.82, 2.24) is 20.2 Å². The van der Waals surface area contributed by atoms with Crippen LogP contribution in [0.4, 0.5) is 5.82 Å². The summed E-state index contributed by atoms with van der Waals surface area (Å²) in [5, 5.41) is 11.3. The molecule has 0 atom stereocenters. The lowest BCUT2D eigenvalue weighted by Crippen LogP contribution is -2.21. The van der Waals surface area contributed by atoms with Gasteiger partial charge in [0.05, 0.1) is 25.2 Å². The molecule has 2 N–H and O–H groups in total. The molecule has 3 heterocycles. The fraction of sp³-hybridized carbons (Fsp3) is 0.250. The molecule has 0 saturated heterocycles. The molecule has 0 bridgehead atoms. The maximum atomic E-state index is 12.5. The summed E-state index contributed by atoms with van der Waals surface area (Å²) in [5.41, 5.74) is 4.12. The zero-order chi connectivity index (χ0) is 21.2. The molecule has 0 radical (unpaired) electrons. The van der Waals surface area contributed by atoms with E-state index < -0.39 is 0 Å². The number of aromatic nitrogens is 4. The molecular weight excluding hydrogens is 390 g/mol. The second-order valence-corrected chi connectivity index (χ2v) is 7.95. The van der Waals surface area contributed by atoms with E-state index in [2.05, 4.69) is 25.5 Å². The number of carbonyl (C=O) groups excluding carboxylic acids is 1. The average molecular weight is 413 g/mol. The molecule has 1 aliphatic rings. The molecule has 7 heteroatoms. The quantitative estimate of drug-likeness (QED) is 0.494. The van der Waals surface area contributed by atoms with E-state index >= 15 is 0 Å². The van der Waals surface area contributed by atoms with Crippen molar-refractivity contribution in [3.8, 4) is 5.75 Å². The molecule has 1 saturated carbocycles. The van der Waals surface area contributed by atoms with E-state index in [9.17, 15) is 4.79 Å². The Kier molecular flexibility index (Phi) is 5.08. The number of rotatable bonds is 6. The van der Waals surface area contributed by atoms with Crippen molar-refractivity contribution in [3.63, 3.8) is 0 Å². The molecule has 0 unspecified atom stereocenters. The molecule has 1 aromatic carbocycles. The van der Waals surface area contributed by atoms with Crippen LogP contribution in [0.1, 0.15) is 41.5 Å². The van der Waals surface area contributed by atoms with E-state index in [1.54, 1.807) is 25.7 Å². The van der Waals surface area contributed by atoms with Crippen LogP contribution in [-0.2, 0) is 11.2 Å². The first-order valence-electron chi connectivity index (χ1n) is 10.4. The van der Waals surface area contributed by atoms with E-state index in [1.807, 2.05) is 42.5 Å². The first-order valence-corrected chi connectivity index (χ1v) is 10.4. The highest BCUT2D eigenvalue weighted by Crippen LogP contribution is 2.49. The maximum Gasteiger partial charge on any atom is 0.229 e. The summed E-state index contributed by atoms with van der Waals surface area (Å²) in [6, 6.07) is 13.7. The number of H-pyrrole nitrogens is 1. The molecule has 0 spiro atoms. The minimum atomic E-state index is -0.0886. The largest absolute Gasteiger partial charge is 0.495 e. The molecule has 1 amide bonds. The van der Waals surface area contributed by atoms with Crippen molar-refractivity contribution >= 4 is 22.6 Å². The Morgan fingerprint density at radius 3 is 2.94 bits per heavy atom. The van der Waals surface area contributed by atoms with Gasteiger partial charge in [0.15, 0.2) is 5.82 Å². The highest BCUT2D eigenvalue weighted by Gasteiger charge is 2.34. The Labute approximate surface area is 179 Å². The van der Waals surface area contributed by atoms with Gasteiger partial charge in [0.25, 0.3) is 0 Å². The van der Waals surface area contributed by atoms with Crippen LogP contribution < -0.4 is 10.1 Å². The third-order valence-corrected chi connectivity index (χ3v) is 5.95. The van der Waals surface area contributed by atoms with Crippen LogP contribution in [0.15, 0.2) is 61.1 Å². The number of ether oxygens (including phenoxy) is 1. The Bertz CT molecular complexity index is 1230. The van der Waals surface area contributed by atoms with Gasteiger partial charge in [-0.05, 0) is 48.6 Å². The number of pyridine rings is 2. The van der Waals surface area contributed by atoms with Gasteiger partial charge in [-0.2, -0.15) is 5.10 Å². The van der Waals surface area contributed by atoms with Crippen molar-refractivity contribution < 1.29 is 9.53 Å². The second-order valence-electron chi connectivity index (χ2n) is 7.95. The molecule has 156 valence electrons. The Morgan fingerprint density at radius 1 is 1.16 bits per heavy atom. The van der Waals surface area contributed by atoms with Crippen molar-refractivity contribution in [2.75, 3.05) is 12.4 Å². The first kappa shape index (κ1) is 19.2. The van der Waals surface area contributed by atoms with Crippen LogP contribution in [-0.4, -0.2) is 33.2 Å². The first-order chi connectivity index (χ1) is 15.2. The van der Waals surface area contributed by atoms with E-state index in [0.717, 1.165) is 40.8 Å². The minimum Gasteiger partial charge on any atom is -0.495 e. The molecular formula is C24H23N5O2. The molecule has 31 heavy (non-hydrogen) atoms. The summed E-state index contributed by atoms with van der Waals surface area (Å²) < 4.78 is 5.43. The number of hydrogen-bond acceptors (Lipinski definition) is 5. The summed E-state index contributed by atoms with van der Waals surface area (Å²) in [7, 11) is 1.68. The van der Waals surface area contributed by atoms with Crippen molar-refractivity contribution in [2.45, 2.75) is 31.1 Å². The van der Waals surface area contributed by atoms with Crippen LogP contribution in [0.25, 0.3) is 10.9 Å². The van der Waals surface area contributed by atoms with Crippen LogP contribution in [0.3, 0.4) is 0 Å². The molecule has 4 aromatic rings. The normalized spacial score (nSPS) is 17.8. The summed E-state index contributed by atoms with van der Waals surface area (Å²) >= 11 is 0. The smallest absolute Gasteiger partial charge is 0.229 e. The zero-order valence-electron chi connectivity index (χ0n) is 17.2. The van der Waals surface area contributed by atoms with Gasteiger partial charge in [0.1, 0.15) is 5.75 Å². The van der Waals surface area contributed by atoms with E-state index in [0.29, 0.717) is 24.1 Å². The van der Waals surface area contributed by atoms with Gasteiger partial charge in [-0.1, -0.05) is 12.1 Å². The lowest BCUT2D eigenvalue weighted by Gasteiger charge is -2.35. The monoisotopic (exact) mass is 413 g/mol. The van der Waals surface area contributed by atoms with Crippen LogP contribution in [0.5, 0.6) is 5.75 Å². The Hall–Kier alpha value is -3.74. The predicted octanol–water partition coefficient (Wildman–Crippen LogP) is 4.20. The number of hydrogen-bond donors (Lipinski definition) is 2. The highest BCUT2D eigenvalue weighted by atomic mass is 16.5. The topological polar surface area (TPSA) is 92.8 Å². The number of fused-ring (bicyclic) bond motifs is 1. The summed E-state index contributed by atoms with van der Waals surface area (Å²) in [6.07, 6.45) is 7.66. The van der Waals surface area contributed by atoms with Crippen LogP contribution in [0, 0.1) is 0 Å². The summed E-state index contributed by atoms with van der Waals surface area (Å²) in [6.45, 7) is 0. The fourth-order valence-corrected chi connectivity index (χ4v) is 4.24. The van der Waals surface area contributed by atoms with Gasteiger partial charge in [0.2, 0.25) is 5.91 Å². The van der Waals surface area contributed by atoms with Crippen molar-refractivity contribution in [3.05, 3.63) is 77.9 Å². The van der Waals surface area contributed by atoms with E-state index in [-0.39, 0.29) is 5.91 Å². The fourth-order valence-electron chi connectivity index (χ4n) is 4.24. The van der Waals surface area contributed by atoms with Gasteiger partial charge in [-0.25, -0.2) is 0 Å². The molecule has 0 aliphatic heterocycles. The summed E-state index contributed by atoms with van der Waals surface area (Å²) in [4.78, 5) is 20.9. The number of nitrogens with one attached hydrogen (secondary N) is 2. The number of methoxy groups -OCH3 is 1. The zero-order valence-corrected chi connectivity index (χ0v) is 17.2. The molecule has 5 rings (SSSR count). The summed E-state index contributed by atoms with van der Waals surface area (Å²) in [5.74, 6) is 2.16.